The lowest BCUT2D eigenvalue weighted by molar-refractivity contribution is -0.131. The first-order chi connectivity index (χ1) is 9.15. The van der Waals surface area contributed by atoms with Gasteiger partial charge in [0, 0.05) is 26.4 Å². The number of carbonyl (C=O) groups excluding carboxylic acids is 1. The van der Waals surface area contributed by atoms with Crippen LogP contribution in [0, 0.1) is 5.41 Å². The standard InChI is InChI=1S/C13H22N2O3S/c14-11(19)13(4-8-17-9-5-13)12(16)15-6-3-10-2-1-7-18-10/h10H,1-9H2,(H2,14,19)(H,15,16). The second-order valence-electron chi connectivity index (χ2n) is 5.24. The van der Waals surface area contributed by atoms with E-state index < -0.39 is 5.41 Å². The third-order valence-electron chi connectivity index (χ3n) is 4.03. The van der Waals surface area contributed by atoms with Crippen LogP contribution in [-0.4, -0.2) is 43.4 Å². The van der Waals surface area contributed by atoms with Crippen molar-refractivity contribution in [1.29, 1.82) is 0 Å². The third-order valence-corrected chi connectivity index (χ3v) is 4.42. The second kappa shape index (κ2) is 6.63. The molecule has 0 aromatic heterocycles. The van der Waals surface area contributed by atoms with E-state index in [0.29, 0.717) is 32.6 Å². The third kappa shape index (κ3) is 3.43. The molecule has 5 nitrogen and oxygen atoms in total. The number of carbonyl (C=O) groups is 1. The van der Waals surface area contributed by atoms with Crippen LogP contribution in [0.4, 0.5) is 0 Å². The SMILES string of the molecule is NC(=S)C1(C(=O)NCCC2CCCO2)CCOCC1. The monoisotopic (exact) mass is 286 g/mol. The van der Waals surface area contributed by atoms with Gasteiger partial charge in [-0.15, -0.1) is 0 Å². The number of amides is 1. The lowest BCUT2D eigenvalue weighted by atomic mass is 9.79. The van der Waals surface area contributed by atoms with Crippen molar-refractivity contribution in [1.82, 2.24) is 5.32 Å². The summed E-state index contributed by atoms with van der Waals surface area (Å²) in [5.74, 6) is -0.0544. The van der Waals surface area contributed by atoms with Crippen LogP contribution in [-0.2, 0) is 14.3 Å². The summed E-state index contributed by atoms with van der Waals surface area (Å²) in [4.78, 5) is 12.6. The minimum atomic E-state index is -0.718. The van der Waals surface area contributed by atoms with Crippen LogP contribution in [0.15, 0.2) is 0 Å². The molecule has 19 heavy (non-hydrogen) atoms. The molecule has 0 aromatic carbocycles. The number of hydrogen-bond acceptors (Lipinski definition) is 4. The Kier molecular flexibility index (Phi) is 5.13. The van der Waals surface area contributed by atoms with E-state index >= 15 is 0 Å². The molecule has 0 bridgehead atoms. The summed E-state index contributed by atoms with van der Waals surface area (Å²) >= 11 is 5.10. The van der Waals surface area contributed by atoms with E-state index in [2.05, 4.69) is 5.32 Å². The molecule has 0 aliphatic carbocycles. The smallest absolute Gasteiger partial charge is 0.233 e. The summed E-state index contributed by atoms with van der Waals surface area (Å²) in [6.45, 7) is 2.54. The Balaban J connectivity index is 1.83. The van der Waals surface area contributed by atoms with E-state index in [-0.39, 0.29) is 17.0 Å². The van der Waals surface area contributed by atoms with Crippen molar-refractivity contribution < 1.29 is 14.3 Å². The molecule has 108 valence electrons. The van der Waals surface area contributed by atoms with Gasteiger partial charge in [-0.25, -0.2) is 0 Å². The summed E-state index contributed by atoms with van der Waals surface area (Å²) in [7, 11) is 0. The Labute approximate surface area is 119 Å². The summed E-state index contributed by atoms with van der Waals surface area (Å²) in [5, 5.41) is 2.96. The van der Waals surface area contributed by atoms with Gasteiger partial charge in [-0.3, -0.25) is 4.79 Å². The van der Waals surface area contributed by atoms with Crippen molar-refractivity contribution in [3.63, 3.8) is 0 Å². The maximum Gasteiger partial charge on any atom is 0.233 e. The largest absolute Gasteiger partial charge is 0.392 e. The predicted octanol–water partition coefficient (Wildman–Crippen LogP) is 0.755. The van der Waals surface area contributed by atoms with Crippen LogP contribution in [0.1, 0.15) is 32.1 Å². The number of nitrogens with one attached hydrogen (secondary N) is 1. The molecule has 2 heterocycles. The first kappa shape index (κ1) is 14.7. The summed E-state index contributed by atoms with van der Waals surface area (Å²) in [6, 6.07) is 0. The van der Waals surface area contributed by atoms with E-state index in [1.807, 2.05) is 0 Å². The van der Waals surface area contributed by atoms with Crippen molar-refractivity contribution in [3.05, 3.63) is 0 Å². The Morgan fingerprint density at radius 1 is 1.37 bits per heavy atom. The highest BCUT2D eigenvalue weighted by molar-refractivity contribution is 7.80. The van der Waals surface area contributed by atoms with E-state index in [1.165, 1.54) is 0 Å². The zero-order valence-corrected chi connectivity index (χ0v) is 12.0. The fourth-order valence-corrected chi connectivity index (χ4v) is 2.99. The maximum absolute atomic E-state index is 12.4. The number of thiocarbonyl (C=S) groups is 1. The molecule has 1 amide bonds. The van der Waals surface area contributed by atoms with E-state index in [0.717, 1.165) is 25.9 Å². The fraction of sp³-hybridized carbons (Fsp3) is 0.846. The van der Waals surface area contributed by atoms with Gasteiger partial charge in [0.05, 0.1) is 11.1 Å². The van der Waals surface area contributed by atoms with Gasteiger partial charge in [0.15, 0.2) is 0 Å². The van der Waals surface area contributed by atoms with E-state index in [1.54, 1.807) is 0 Å². The van der Waals surface area contributed by atoms with Gasteiger partial charge in [0.25, 0.3) is 0 Å². The molecule has 2 saturated heterocycles. The quantitative estimate of drug-likeness (QED) is 0.730. The molecule has 0 saturated carbocycles. The first-order valence-electron chi connectivity index (χ1n) is 6.93. The normalized spacial score (nSPS) is 26.0. The van der Waals surface area contributed by atoms with Crippen molar-refractivity contribution in [3.8, 4) is 0 Å². The average Bonchev–Trinajstić information content (AvgIpc) is 2.92. The predicted molar refractivity (Wildman–Crippen MR) is 75.9 cm³/mol. The van der Waals surface area contributed by atoms with Crippen LogP contribution < -0.4 is 11.1 Å². The Morgan fingerprint density at radius 3 is 2.68 bits per heavy atom. The van der Waals surface area contributed by atoms with Crippen molar-refractivity contribution in [2.75, 3.05) is 26.4 Å². The van der Waals surface area contributed by atoms with Crippen LogP contribution >= 0.6 is 12.2 Å². The number of hydrogen-bond donors (Lipinski definition) is 2. The second-order valence-corrected chi connectivity index (χ2v) is 5.68. The number of ether oxygens (including phenoxy) is 2. The van der Waals surface area contributed by atoms with Gasteiger partial charge in [0.2, 0.25) is 5.91 Å². The Morgan fingerprint density at radius 2 is 2.11 bits per heavy atom. The van der Waals surface area contributed by atoms with Crippen molar-refractivity contribution in [2.45, 2.75) is 38.2 Å². The van der Waals surface area contributed by atoms with Crippen LogP contribution in [0.5, 0.6) is 0 Å². The van der Waals surface area contributed by atoms with Crippen LogP contribution in [0.25, 0.3) is 0 Å². The summed E-state index contributed by atoms with van der Waals surface area (Å²) < 4.78 is 10.8. The van der Waals surface area contributed by atoms with Gasteiger partial charge in [-0.2, -0.15) is 0 Å². The van der Waals surface area contributed by atoms with Crippen LogP contribution in [0.3, 0.4) is 0 Å². The molecule has 2 fully saturated rings. The maximum atomic E-state index is 12.4. The molecular weight excluding hydrogens is 264 g/mol. The highest BCUT2D eigenvalue weighted by Gasteiger charge is 2.42. The van der Waals surface area contributed by atoms with Gasteiger partial charge in [-0.1, -0.05) is 12.2 Å². The lowest BCUT2D eigenvalue weighted by Gasteiger charge is -2.34. The Hall–Kier alpha value is -0.720. The lowest BCUT2D eigenvalue weighted by Crippen LogP contribution is -2.52. The molecule has 0 aromatic rings. The minimum absolute atomic E-state index is 0.0544. The molecule has 0 radical (unpaired) electrons. The summed E-state index contributed by atoms with van der Waals surface area (Å²) in [5.41, 5.74) is 5.07. The number of rotatable bonds is 5. The zero-order valence-electron chi connectivity index (χ0n) is 11.2. The van der Waals surface area contributed by atoms with Gasteiger partial charge in [-0.05, 0) is 32.1 Å². The first-order valence-corrected chi connectivity index (χ1v) is 7.33. The Bertz CT molecular complexity index is 337. The molecule has 2 rings (SSSR count). The molecule has 2 aliphatic heterocycles. The van der Waals surface area contributed by atoms with Crippen molar-refractivity contribution in [2.24, 2.45) is 11.1 Å². The van der Waals surface area contributed by atoms with Crippen molar-refractivity contribution >= 4 is 23.1 Å². The number of nitrogens with two attached hydrogens (primary N) is 1. The topological polar surface area (TPSA) is 73.6 Å². The zero-order chi connectivity index (χ0) is 13.7. The average molecular weight is 286 g/mol. The minimum Gasteiger partial charge on any atom is -0.392 e. The van der Waals surface area contributed by atoms with E-state index in [9.17, 15) is 4.79 Å². The molecule has 1 unspecified atom stereocenters. The highest BCUT2D eigenvalue weighted by Crippen LogP contribution is 2.31. The molecular formula is C13H22N2O3S. The van der Waals surface area contributed by atoms with Gasteiger partial charge < -0.3 is 20.5 Å². The summed E-state index contributed by atoms with van der Waals surface area (Å²) in [6.07, 6.45) is 4.50. The van der Waals surface area contributed by atoms with Gasteiger partial charge in [0.1, 0.15) is 5.41 Å². The molecule has 3 N–H and O–H groups in total. The van der Waals surface area contributed by atoms with E-state index in [4.69, 9.17) is 27.4 Å². The fourth-order valence-electron chi connectivity index (χ4n) is 2.69. The molecule has 0 spiro atoms. The highest BCUT2D eigenvalue weighted by atomic mass is 32.1. The van der Waals surface area contributed by atoms with Gasteiger partial charge >= 0.3 is 0 Å². The molecule has 2 aliphatic rings. The van der Waals surface area contributed by atoms with Crippen LogP contribution in [0.2, 0.25) is 0 Å². The molecule has 6 heteroatoms. The molecule has 1 atom stereocenters.